The van der Waals surface area contributed by atoms with Crippen molar-refractivity contribution in [2.24, 2.45) is 11.7 Å². The van der Waals surface area contributed by atoms with Crippen LogP contribution in [0.1, 0.15) is 37.8 Å². The molecule has 1 aliphatic carbocycles. The van der Waals surface area contributed by atoms with E-state index in [1.807, 2.05) is 0 Å². The molecule has 1 saturated carbocycles. The van der Waals surface area contributed by atoms with Gasteiger partial charge in [-0.25, -0.2) is 9.97 Å². The second-order valence-electron chi connectivity index (χ2n) is 5.27. The summed E-state index contributed by atoms with van der Waals surface area (Å²) in [4.78, 5) is 11.0. The Hall–Kier alpha value is -1.65. The average molecular weight is 245 g/mol. The van der Waals surface area contributed by atoms with Crippen LogP contribution in [0.4, 0.5) is 5.82 Å². The van der Waals surface area contributed by atoms with E-state index >= 15 is 0 Å². The van der Waals surface area contributed by atoms with Gasteiger partial charge in [-0.1, -0.05) is 6.42 Å². The van der Waals surface area contributed by atoms with Crippen molar-refractivity contribution in [2.75, 3.05) is 11.4 Å². The molecular weight excluding hydrogens is 226 g/mol. The maximum absolute atomic E-state index is 7.33. The lowest BCUT2D eigenvalue weighted by molar-refractivity contribution is 0.360. The van der Waals surface area contributed by atoms with E-state index in [1.165, 1.54) is 32.1 Å². The van der Waals surface area contributed by atoms with Crippen molar-refractivity contribution < 1.29 is 0 Å². The van der Waals surface area contributed by atoms with Gasteiger partial charge in [0, 0.05) is 12.6 Å². The number of fused-ring (bicyclic) bond motifs is 1. The summed E-state index contributed by atoms with van der Waals surface area (Å²) in [6.45, 7) is 1.08. The summed E-state index contributed by atoms with van der Waals surface area (Å²) in [7, 11) is 0. The summed E-state index contributed by atoms with van der Waals surface area (Å²) >= 11 is 0. The molecule has 3 N–H and O–H groups in total. The van der Waals surface area contributed by atoms with Crippen LogP contribution >= 0.6 is 0 Å². The predicted molar refractivity (Wildman–Crippen MR) is 70.8 cm³/mol. The number of piperidine rings is 1. The van der Waals surface area contributed by atoms with Crippen molar-refractivity contribution >= 4 is 11.7 Å². The summed E-state index contributed by atoms with van der Waals surface area (Å²) in [6, 6.07) is 0.649. The first-order valence-electron chi connectivity index (χ1n) is 6.69. The zero-order valence-corrected chi connectivity index (χ0v) is 10.5. The Labute approximate surface area is 107 Å². The van der Waals surface area contributed by atoms with Gasteiger partial charge in [0.1, 0.15) is 17.3 Å². The van der Waals surface area contributed by atoms with Crippen LogP contribution in [0, 0.1) is 11.3 Å². The van der Waals surface area contributed by atoms with Gasteiger partial charge in [-0.3, -0.25) is 5.41 Å². The molecule has 1 aromatic rings. The van der Waals surface area contributed by atoms with E-state index in [1.54, 1.807) is 12.4 Å². The molecule has 2 fully saturated rings. The minimum absolute atomic E-state index is 0.0218. The standard InChI is InChI=1S/C13H19N5/c14-13(15)10-7-17-12(8-16-10)18-6-2-4-9-3-1-5-11(9)18/h7-9,11H,1-6H2,(H3,14,15). The van der Waals surface area contributed by atoms with Crippen molar-refractivity contribution in [3.63, 3.8) is 0 Å². The fraction of sp³-hybridized carbons (Fsp3) is 0.615. The Bertz CT molecular complexity index is 441. The molecule has 1 aliphatic heterocycles. The number of nitrogen functional groups attached to an aromatic ring is 1. The molecule has 0 spiro atoms. The van der Waals surface area contributed by atoms with Crippen LogP contribution in [-0.4, -0.2) is 28.4 Å². The smallest absolute Gasteiger partial charge is 0.147 e. The number of nitrogens with zero attached hydrogens (tertiary/aromatic N) is 3. The number of nitrogens with one attached hydrogen (secondary N) is 1. The quantitative estimate of drug-likeness (QED) is 0.611. The van der Waals surface area contributed by atoms with Crippen molar-refractivity contribution in [3.05, 3.63) is 18.1 Å². The van der Waals surface area contributed by atoms with Crippen LogP contribution in [0.2, 0.25) is 0 Å². The molecule has 2 heterocycles. The van der Waals surface area contributed by atoms with E-state index < -0.39 is 0 Å². The third-order valence-corrected chi connectivity index (χ3v) is 4.20. The van der Waals surface area contributed by atoms with E-state index in [0.717, 1.165) is 18.3 Å². The third-order valence-electron chi connectivity index (χ3n) is 4.20. The molecule has 1 saturated heterocycles. The molecule has 5 nitrogen and oxygen atoms in total. The second kappa shape index (κ2) is 4.55. The predicted octanol–water partition coefficient (Wildman–Crippen LogP) is 1.53. The lowest BCUT2D eigenvalue weighted by Crippen LogP contribution is -2.43. The molecule has 2 aliphatic rings. The number of hydrogen-bond donors (Lipinski definition) is 2. The van der Waals surface area contributed by atoms with E-state index in [4.69, 9.17) is 11.1 Å². The van der Waals surface area contributed by atoms with Crippen molar-refractivity contribution in [1.29, 1.82) is 5.41 Å². The molecule has 2 unspecified atom stereocenters. The SMILES string of the molecule is N=C(N)c1cnc(N2CCCC3CCCC32)cn1. The number of aromatic nitrogens is 2. The summed E-state index contributed by atoms with van der Waals surface area (Å²) in [5.74, 6) is 1.76. The highest BCUT2D eigenvalue weighted by molar-refractivity contribution is 5.92. The van der Waals surface area contributed by atoms with Gasteiger partial charge in [0.25, 0.3) is 0 Å². The number of rotatable bonds is 2. The monoisotopic (exact) mass is 245 g/mol. The van der Waals surface area contributed by atoms with Crippen molar-refractivity contribution in [3.8, 4) is 0 Å². The third kappa shape index (κ3) is 1.94. The Morgan fingerprint density at radius 3 is 2.78 bits per heavy atom. The lowest BCUT2D eigenvalue weighted by atomic mass is 9.92. The van der Waals surface area contributed by atoms with Crippen LogP contribution in [0.25, 0.3) is 0 Å². The Kier molecular flexibility index (Phi) is 2.89. The number of anilines is 1. The first kappa shape index (κ1) is 11.4. The van der Waals surface area contributed by atoms with Gasteiger partial charge in [0.05, 0.1) is 12.4 Å². The molecule has 0 aromatic carbocycles. The van der Waals surface area contributed by atoms with Crippen LogP contribution in [0.5, 0.6) is 0 Å². The molecule has 3 rings (SSSR count). The molecule has 1 aromatic heterocycles. The van der Waals surface area contributed by atoms with Gasteiger partial charge >= 0.3 is 0 Å². The fourth-order valence-corrected chi connectivity index (χ4v) is 3.35. The maximum atomic E-state index is 7.33. The first-order chi connectivity index (χ1) is 8.75. The van der Waals surface area contributed by atoms with Crippen LogP contribution in [-0.2, 0) is 0 Å². The van der Waals surface area contributed by atoms with E-state index in [9.17, 15) is 0 Å². The maximum Gasteiger partial charge on any atom is 0.147 e. The highest BCUT2D eigenvalue weighted by Gasteiger charge is 2.35. The highest BCUT2D eigenvalue weighted by atomic mass is 15.2. The molecule has 0 radical (unpaired) electrons. The largest absolute Gasteiger partial charge is 0.382 e. The molecule has 96 valence electrons. The van der Waals surface area contributed by atoms with E-state index in [2.05, 4.69) is 14.9 Å². The minimum atomic E-state index is -0.0218. The highest BCUT2D eigenvalue weighted by Crippen LogP contribution is 2.38. The van der Waals surface area contributed by atoms with Crippen LogP contribution < -0.4 is 10.6 Å². The Balaban J connectivity index is 1.82. The van der Waals surface area contributed by atoms with E-state index in [-0.39, 0.29) is 5.84 Å². The van der Waals surface area contributed by atoms with Gasteiger partial charge in [-0.2, -0.15) is 0 Å². The van der Waals surface area contributed by atoms with Crippen LogP contribution in [0.3, 0.4) is 0 Å². The molecule has 0 amide bonds. The van der Waals surface area contributed by atoms with Gasteiger partial charge < -0.3 is 10.6 Å². The number of hydrogen-bond acceptors (Lipinski definition) is 4. The summed E-state index contributed by atoms with van der Waals surface area (Å²) < 4.78 is 0. The minimum Gasteiger partial charge on any atom is -0.382 e. The zero-order chi connectivity index (χ0) is 12.5. The Morgan fingerprint density at radius 2 is 2.06 bits per heavy atom. The van der Waals surface area contributed by atoms with Gasteiger partial charge in [-0.05, 0) is 31.6 Å². The molecular formula is C13H19N5. The summed E-state index contributed by atoms with van der Waals surface area (Å²) in [5, 5.41) is 7.33. The Morgan fingerprint density at radius 1 is 1.22 bits per heavy atom. The molecule has 2 atom stereocenters. The average Bonchev–Trinajstić information content (AvgIpc) is 2.87. The lowest BCUT2D eigenvalue weighted by Gasteiger charge is -2.38. The second-order valence-corrected chi connectivity index (χ2v) is 5.27. The summed E-state index contributed by atoms with van der Waals surface area (Å²) in [5.41, 5.74) is 5.85. The molecule has 5 heteroatoms. The molecule has 0 bridgehead atoms. The fourth-order valence-electron chi connectivity index (χ4n) is 3.35. The zero-order valence-electron chi connectivity index (χ0n) is 10.5. The normalized spacial score (nSPS) is 27.0. The summed E-state index contributed by atoms with van der Waals surface area (Å²) in [6.07, 6.45) is 9.96. The molecule has 18 heavy (non-hydrogen) atoms. The first-order valence-corrected chi connectivity index (χ1v) is 6.69. The van der Waals surface area contributed by atoms with E-state index in [0.29, 0.717) is 11.7 Å². The van der Waals surface area contributed by atoms with Gasteiger partial charge in [0.2, 0.25) is 0 Å². The topological polar surface area (TPSA) is 78.9 Å². The van der Waals surface area contributed by atoms with Gasteiger partial charge in [-0.15, -0.1) is 0 Å². The van der Waals surface area contributed by atoms with Crippen LogP contribution in [0.15, 0.2) is 12.4 Å². The van der Waals surface area contributed by atoms with Crippen molar-refractivity contribution in [2.45, 2.75) is 38.1 Å². The van der Waals surface area contributed by atoms with Crippen molar-refractivity contribution in [1.82, 2.24) is 9.97 Å². The van der Waals surface area contributed by atoms with Gasteiger partial charge in [0.15, 0.2) is 0 Å². The number of amidine groups is 1. The number of nitrogens with two attached hydrogens (primary N) is 1.